The van der Waals surface area contributed by atoms with Crippen LogP contribution in [0.5, 0.6) is 11.5 Å². The van der Waals surface area contributed by atoms with E-state index < -0.39 is 0 Å². The van der Waals surface area contributed by atoms with E-state index in [4.69, 9.17) is 21.1 Å². The molecule has 0 saturated carbocycles. The number of allylic oxidation sites excluding steroid dienone is 1. The highest BCUT2D eigenvalue weighted by Crippen LogP contribution is 2.37. The Morgan fingerprint density at radius 1 is 1.32 bits per heavy atom. The van der Waals surface area contributed by atoms with Crippen molar-refractivity contribution < 1.29 is 14.3 Å². The first kappa shape index (κ1) is 13.9. The number of ether oxygens (including phenoxy) is 2. The summed E-state index contributed by atoms with van der Waals surface area (Å²) in [6.45, 7) is 6.31. The Labute approximate surface area is 118 Å². The molecule has 102 valence electrons. The highest BCUT2D eigenvalue weighted by molar-refractivity contribution is 6.32. The van der Waals surface area contributed by atoms with E-state index in [0.29, 0.717) is 22.9 Å². The standard InChI is InChI=1S/C15H17ClO3/c1-15(2,3)8-11(17)5-4-10-6-13-14(7-12(10)16)19-9-18-13/h4-7H,8-9H2,1-3H3/b5-4+. The van der Waals surface area contributed by atoms with Gasteiger partial charge in [-0.25, -0.2) is 0 Å². The Morgan fingerprint density at radius 3 is 2.58 bits per heavy atom. The van der Waals surface area contributed by atoms with Crippen LogP contribution >= 0.6 is 11.6 Å². The topological polar surface area (TPSA) is 35.5 Å². The van der Waals surface area contributed by atoms with Crippen LogP contribution in [-0.2, 0) is 4.79 Å². The molecule has 2 rings (SSSR count). The maximum Gasteiger partial charge on any atom is 0.231 e. The van der Waals surface area contributed by atoms with Gasteiger partial charge in [0.05, 0.1) is 5.02 Å². The zero-order valence-electron chi connectivity index (χ0n) is 11.3. The number of fused-ring (bicyclic) bond motifs is 1. The predicted octanol–water partition coefficient (Wildman–Crippen LogP) is 4.09. The number of carbonyl (C=O) groups is 1. The van der Waals surface area contributed by atoms with Gasteiger partial charge in [0.1, 0.15) is 0 Å². The van der Waals surface area contributed by atoms with Gasteiger partial charge in [0.15, 0.2) is 17.3 Å². The molecule has 0 fully saturated rings. The third kappa shape index (κ3) is 3.74. The largest absolute Gasteiger partial charge is 0.454 e. The van der Waals surface area contributed by atoms with E-state index in [1.54, 1.807) is 24.3 Å². The van der Waals surface area contributed by atoms with E-state index in [0.717, 1.165) is 5.56 Å². The molecule has 1 aliphatic rings. The first-order valence-corrected chi connectivity index (χ1v) is 6.53. The van der Waals surface area contributed by atoms with Gasteiger partial charge in [-0.1, -0.05) is 32.4 Å². The molecular formula is C15H17ClO3. The number of benzene rings is 1. The zero-order chi connectivity index (χ0) is 14.0. The monoisotopic (exact) mass is 280 g/mol. The van der Waals surface area contributed by atoms with Gasteiger partial charge in [0, 0.05) is 12.5 Å². The molecule has 0 saturated heterocycles. The van der Waals surface area contributed by atoms with Gasteiger partial charge in [-0.3, -0.25) is 4.79 Å². The number of rotatable bonds is 3. The molecule has 1 aromatic rings. The summed E-state index contributed by atoms with van der Waals surface area (Å²) in [5, 5.41) is 0.545. The molecule has 3 nitrogen and oxygen atoms in total. The van der Waals surface area contributed by atoms with E-state index >= 15 is 0 Å². The van der Waals surface area contributed by atoms with Crippen LogP contribution in [-0.4, -0.2) is 12.6 Å². The van der Waals surface area contributed by atoms with E-state index in [2.05, 4.69) is 0 Å². The Balaban J connectivity index is 2.13. The summed E-state index contributed by atoms with van der Waals surface area (Å²) in [6.07, 6.45) is 3.79. The van der Waals surface area contributed by atoms with E-state index in [1.807, 2.05) is 20.8 Å². The maximum atomic E-state index is 11.8. The molecule has 0 aliphatic carbocycles. The molecule has 0 N–H and O–H groups in total. The fraction of sp³-hybridized carbons (Fsp3) is 0.400. The lowest BCUT2D eigenvalue weighted by atomic mass is 9.90. The van der Waals surface area contributed by atoms with Crippen molar-refractivity contribution in [2.75, 3.05) is 6.79 Å². The number of hydrogen-bond acceptors (Lipinski definition) is 3. The molecule has 0 bridgehead atoms. The fourth-order valence-electron chi connectivity index (χ4n) is 1.82. The lowest BCUT2D eigenvalue weighted by Crippen LogP contribution is -2.10. The van der Waals surface area contributed by atoms with Gasteiger partial charge < -0.3 is 9.47 Å². The molecule has 1 aromatic carbocycles. The minimum atomic E-state index is -0.0138. The first-order chi connectivity index (χ1) is 8.85. The van der Waals surface area contributed by atoms with Crippen molar-refractivity contribution in [1.29, 1.82) is 0 Å². The molecular weight excluding hydrogens is 264 g/mol. The van der Waals surface area contributed by atoms with Crippen molar-refractivity contribution in [3.05, 3.63) is 28.8 Å². The Hall–Kier alpha value is -1.48. The summed E-state index contributed by atoms with van der Waals surface area (Å²) in [5.41, 5.74) is 0.744. The van der Waals surface area contributed by atoms with Crippen LogP contribution in [0.2, 0.25) is 5.02 Å². The number of halogens is 1. The molecule has 0 radical (unpaired) electrons. The first-order valence-electron chi connectivity index (χ1n) is 6.15. The highest BCUT2D eigenvalue weighted by atomic mass is 35.5. The van der Waals surface area contributed by atoms with Crippen LogP contribution in [0.25, 0.3) is 6.08 Å². The molecule has 1 heterocycles. The number of ketones is 1. The average molecular weight is 281 g/mol. The summed E-state index contributed by atoms with van der Waals surface area (Å²) in [6, 6.07) is 3.49. The van der Waals surface area contributed by atoms with Crippen molar-refractivity contribution in [2.45, 2.75) is 27.2 Å². The third-order valence-electron chi connectivity index (χ3n) is 2.65. The molecule has 19 heavy (non-hydrogen) atoms. The van der Waals surface area contributed by atoms with Crippen LogP contribution < -0.4 is 9.47 Å². The van der Waals surface area contributed by atoms with Gasteiger partial charge >= 0.3 is 0 Å². The normalized spacial score (nSPS) is 14.1. The molecule has 0 unspecified atom stereocenters. The molecule has 1 aliphatic heterocycles. The smallest absolute Gasteiger partial charge is 0.231 e. The fourth-order valence-corrected chi connectivity index (χ4v) is 2.04. The second-order valence-corrected chi connectivity index (χ2v) is 6.17. The minimum absolute atomic E-state index is 0.0138. The molecule has 0 atom stereocenters. The minimum Gasteiger partial charge on any atom is -0.454 e. The SMILES string of the molecule is CC(C)(C)CC(=O)/C=C/c1cc2c(cc1Cl)OCO2. The Bertz CT molecular complexity index is 527. The quantitative estimate of drug-likeness (QED) is 0.783. The number of carbonyl (C=O) groups excluding carboxylic acids is 1. The maximum absolute atomic E-state index is 11.8. The van der Waals surface area contributed by atoms with Crippen LogP contribution in [0, 0.1) is 5.41 Å². The van der Waals surface area contributed by atoms with E-state index in [-0.39, 0.29) is 18.0 Å². The van der Waals surface area contributed by atoms with E-state index in [1.165, 1.54) is 0 Å². The highest BCUT2D eigenvalue weighted by Gasteiger charge is 2.16. The summed E-state index contributed by atoms with van der Waals surface area (Å²) in [7, 11) is 0. The molecule has 4 heteroatoms. The van der Waals surface area contributed by atoms with E-state index in [9.17, 15) is 4.79 Å². The lowest BCUT2D eigenvalue weighted by Gasteiger charge is -2.15. The Kier molecular flexibility index (Phi) is 3.85. The summed E-state index contributed by atoms with van der Waals surface area (Å²) >= 11 is 6.13. The van der Waals surface area contributed by atoms with Crippen LogP contribution in [0.15, 0.2) is 18.2 Å². The second kappa shape index (κ2) is 5.25. The summed E-state index contributed by atoms with van der Waals surface area (Å²) < 4.78 is 10.5. The Morgan fingerprint density at radius 2 is 1.95 bits per heavy atom. The lowest BCUT2D eigenvalue weighted by molar-refractivity contribution is -0.116. The van der Waals surface area contributed by atoms with Gasteiger partial charge in [-0.15, -0.1) is 0 Å². The molecule has 0 spiro atoms. The zero-order valence-corrected chi connectivity index (χ0v) is 12.1. The van der Waals surface area contributed by atoms with Crippen molar-refractivity contribution in [3.8, 4) is 11.5 Å². The van der Waals surface area contributed by atoms with Gasteiger partial charge in [0.25, 0.3) is 0 Å². The van der Waals surface area contributed by atoms with Crippen molar-refractivity contribution in [2.24, 2.45) is 5.41 Å². The summed E-state index contributed by atoms with van der Waals surface area (Å²) in [5.74, 6) is 1.39. The van der Waals surface area contributed by atoms with Crippen LogP contribution in [0.1, 0.15) is 32.8 Å². The van der Waals surface area contributed by atoms with Crippen molar-refractivity contribution >= 4 is 23.5 Å². The van der Waals surface area contributed by atoms with Crippen LogP contribution in [0.3, 0.4) is 0 Å². The second-order valence-electron chi connectivity index (χ2n) is 5.76. The van der Waals surface area contributed by atoms with Crippen LogP contribution in [0.4, 0.5) is 0 Å². The molecule has 0 amide bonds. The van der Waals surface area contributed by atoms with Crippen molar-refractivity contribution in [3.63, 3.8) is 0 Å². The van der Waals surface area contributed by atoms with Gasteiger partial charge in [0.2, 0.25) is 6.79 Å². The molecule has 0 aromatic heterocycles. The number of hydrogen-bond donors (Lipinski definition) is 0. The van der Waals surface area contributed by atoms with Gasteiger partial charge in [-0.05, 0) is 29.2 Å². The summed E-state index contributed by atoms with van der Waals surface area (Å²) in [4.78, 5) is 11.8. The van der Waals surface area contributed by atoms with Crippen molar-refractivity contribution in [1.82, 2.24) is 0 Å². The third-order valence-corrected chi connectivity index (χ3v) is 2.97. The average Bonchev–Trinajstić information content (AvgIpc) is 2.70. The predicted molar refractivity (Wildman–Crippen MR) is 75.7 cm³/mol. The van der Waals surface area contributed by atoms with Gasteiger partial charge in [-0.2, -0.15) is 0 Å².